The number of benzene rings is 4. The highest BCUT2D eigenvalue weighted by Gasteiger charge is 2.35. The van der Waals surface area contributed by atoms with Gasteiger partial charge >= 0.3 is 0 Å². The molecule has 4 aromatic rings. The molecule has 218 valence electrons. The molecule has 2 amide bonds. The van der Waals surface area contributed by atoms with Crippen molar-refractivity contribution in [3.63, 3.8) is 0 Å². The third-order valence-electron chi connectivity index (χ3n) is 6.65. The number of carbonyl (C=O) groups is 3. The molecule has 0 N–H and O–H groups in total. The Morgan fingerprint density at radius 3 is 1.86 bits per heavy atom. The molecule has 0 spiro atoms. The Balaban J connectivity index is 1.22. The fraction of sp³-hybridized carbons (Fsp3) is 0.147. The molecule has 0 saturated carbocycles. The molecule has 9 heteroatoms. The first-order chi connectivity index (χ1) is 21.0. The van der Waals surface area contributed by atoms with Crippen molar-refractivity contribution in [2.45, 2.75) is 19.8 Å². The average Bonchev–Trinajstić information content (AvgIpc) is 3.30. The summed E-state index contributed by atoms with van der Waals surface area (Å²) in [5, 5.41) is -0.297. The van der Waals surface area contributed by atoms with Gasteiger partial charge in [0.1, 0.15) is 19.5 Å². The number of aldehydes is 1. The van der Waals surface area contributed by atoms with Crippen LogP contribution in [0, 0.1) is 0 Å². The van der Waals surface area contributed by atoms with Gasteiger partial charge in [0.25, 0.3) is 11.1 Å². The molecule has 0 radical (unpaired) electrons. The van der Waals surface area contributed by atoms with Gasteiger partial charge < -0.3 is 18.9 Å². The minimum atomic E-state index is -0.321. The van der Waals surface area contributed by atoms with Gasteiger partial charge in [-0.3, -0.25) is 19.3 Å². The summed E-state index contributed by atoms with van der Waals surface area (Å²) >= 11 is 0.924. The smallest absolute Gasteiger partial charge is 0.293 e. The Labute approximate surface area is 253 Å². The Morgan fingerprint density at radius 1 is 0.674 bits per heavy atom. The Kier molecular flexibility index (Phi) is 9.43. The van der Waals surface area contributed by atoms with Gasteiger partial charge in [0.15, 0.2) is 23.0 Å². The molecular weight excluding hydrogens is 566 g/mol. The van der Waals surface area contributed by atoms with Crippen molar-refractivity contribution in [1.82, 2.24) is 4.90 Å². The molecule has 4 aromatic carbocycles. The van der Waals surface area contributed by atoms with Crippen LogP contribution in [0.25, 0.3) is 6.08 Å². The first-order valence-corrected chi connectivity index (χ1v) is 14.2. The second-order valence-corrected chi connectivity index (χ2v) is 10.6. The lowest BCUT2D eigenvalue weighted by Crippen LogP contribution is -2.27. The van der Waals surface area contributed by atoms with Crippen LogP contribution in [0.2, 0.25) is 0 Å². The van der Waals surface area contributed by atoms with E-state index >= 15 is 0 Å². The van der Waals surface area contributed by atoms with Crippen molar-refractivity contribution >= 4 is 35.3 Å². The zero-order valence-electron chi connectivity index (χ0n) is 23.6. The van der Waals surface area contributed by atoms with Gasteiger partial charge in [-0.15, -0.1) is 0 Å². The monoisotopic (exact) mass is 595 g/mol. The minimum absolute atomic E-state index is 0.231. The maximum Gasteiger partial charge on any atom is 0.293 e. The first-order valence-electron chi connectivity index (χ1n) is 13.4. The number of ether oxygens (including phenoxy) is 4. The second-order valence-electron chi connectivity index (χ2n) is 9.59. The summed E-state index contributed by atoms with van der Waals surface area (Å²) in [4.78, 5) is 38.1. The van der Waals surface area contributed by atoms with Crippen molar-refractivity contribution in [1.29, 1.82) is 0 Å². The minimum Gasteiger partial charge on any atom is -0.493 e. The van der Waals surface area contributed by atoms with Gasteiger partial charge in [0.2, 0.25) is 0 Å². The molecule has 5 rings (SSSR count). The van der Waals surface area contributed by atoms with Crippen LogP contribution in [0.15, 0.2) is 95.9 Å². The first kappa shape index (κ1) is 29.5. The molecule has 1 aliphatic rings. The average molecular weight is 596 g/mol. The molecule has 1 saturated heterocycles. The van der Waals surface area contributed by atoms with Crippen molar-refractivity contribution < 1.29 is 33.3 Å². The van der Waals surface area contributed by atoms with E-state index in [2.05, 4.69) is 0 Å². The Bertz CT molecular complexity index is 1670. The fourth-order valence-electron chi connectivity index (χ4n) is 4.45. The van der Waals surface area contributed by atoms with E-state index in [1.807, 2.05) is 60.7 Å². The van der Waals surface area contributed by atoms with Gasteiger partial charge in [-0.05, 0) is 76.5 Å². The van der Waals surface area contributed by atoms with Gasteiger partial charge in [-0.25, -0.2) is 0 Å². The van der Waals surface area contributed by atoms with Crippen LogP contribution in [0.3, 0.4) is 0 Å². The summed E-state index contributed by atoms with van der Waals surface area (Å²) in [7, 11) is 3.08. The van der Waals surface area contributed by atoms with Crippen LogP contribution < -0.4 is 18.9 Å². The van der Waals surface area contributed by atoms with E-state index in [-0.39, 0.29) is 17.7 Å². The number of rotatable bonds is 12. The molecular formula is C34H29NO7S. The van der Waals surface area contributed by atoms with Crippen molar-refractivity contribution in [2.75, 3.05) is 14.2 Å². The maximum absolute atomic E-state index is 13.0. The number of thioether (sulfide) groups is 1. The molecule has 0 aliphatic carbocycles. The van der Waals surface area contributed by atoms with E-state index in [4.69, 9.17) is 18.9 Å². The standard InChI is InChI=1S/C34H29NO7S/c1-39-30-16-24(18-32-33(37)35(34(38)43-32)19-23-7-4-3-5-8-23)11-13-28(30)41-21-26-9-6-10-27(15-26)22-42-29-14-12-25(20-36)17-31(29)40-2/h3-18,20H,19,21-22H2,1-2H3/b32-18-. The summed E-state index contributed by atoms with van der Waals surface area (Å²) in [6, 6.07) is 27.6. The largest absolute Gasteiger partial charge is 0.493 e. The highest BCUT2D eigenvalue weighted by atomic mass is 32.2. The summed E-state index contributed by atoms with van der Waals surface area (Å²) < 4.78 is 22.9. The van der Waals surface area contributed by atoms with E-state index in [0.717, 1.165) is 34.7 Å². The molecule has 0 unspecified atom stereocenters. The summed E-state index contributed by atoms with van der Waals surface area (Å²) in [5.41, 5.74) is 3.98. The summed E-state index contributed by atoms with van der Waals surface area (Å²) in [6.45, 7) is 0.827. The molecule has 0 aromatic heterocycles. The molecule has 1 aliphatic heterocycles. The second kappa shape index (κ2) is 13.8. The molecule has 0 atom stereocenters. The molecule has 43 heavy (non-hydrogen) atoms. The molecule has 0 bridgehead atoms. The Hall–Kier alpha value is -5.02. The highest BCUT2D eigenvalue weighted by molar-refractivity contribution is 8.18. The molecule has 8 nitrogen and oxygen atoms in total. The number of nitrogens with zero attached hydrogens (tertiary/aromatic N) is 1. The third kappa shape index (κ3) is 7.25. The zero-order chi connectivity index (χ0) is 30.2. The van der Waals surface area contributed by atoms with Crippen molar-refractivity contribution in [3.05, 3.63) is 124 Å². The lowest BCUT2D eigenvalue weighted by molar-refractivity contribution is -0.123. The Morgan fingerprint density at radius 2 is 1.26 bits per heavy atom. The number of carbonyl (C=O) groups excluding carboxylic acids is 3. The summed E-state index contributed by atoms with van der Waals surface area (Å²) in [6.07, 6.45) is 2.45. The fourth-order valence-corrected chi connectivity index (χ4v) is 5.29. The topological polar surface area (TPSA) is 91.4 Å². The van der Waals surface area contributed by atoms with Crippen LogP contribution in [-0.4, -0.2) is 36.6 Å². The lowest BCUT2D eigenvalue weighted by atomic mass is 10.1. The van der Waals surface area contributed by atoms with E-state index < -0.39 is 0 Å². The van der Waals surface area contributed by atoms with E-state index in [0.29, 0.717) is 52.2 Å². The van der Waals surface area contributed by atoms with Crippen molar-refractivity contribution in [3.8, 4) is 23.0 Å². The normalized spacial score (nSPS) is 13.7. The van der Waals surface area contributed by atoms with E-state index in [9.17, 15) is 14.4 Å². The number of hydrogen-bond donors (Lipinski definition) is 0. The van der Waals surface area contributed by atoms with Crippen molar-refractivity contribution in [2.24, 2.45) is 0 Å². The quantitative estimate of drug-likeness (QED) is 0.129. The van der Waals surface area contributed by atoms with Crippen LogP contribution in [0.4, 0.5) is 4.79 Å². The van der Waals surface area contributed by atoms with Gasteiger partial charge in [-0.2, -0.15) is 0 Å². The van der Waals surface area contributed by atoms with Gasteiger partial charge in [-0.1, -0.05) is 54.6 Å². The van der Waals surface area contributed by atoms with Crippen LogP contribution in [-0.2, 0) is 24.6 Å². The number of hydrogen-bond acceptors (Lipinski definition) is 8. The van der Waals surface area contributed by atoms with Crippen LogP contribution >= 0.6 is 11.8 Å². The SMILES string of the molecule is COc1cc(C=O)ccc1OCc1cccc(COc2ccc(/C=C3\SC(=O)N(Cc4ccccc4)C3=O)cc2OC)c1. The van der Waals surface area contributed by atoms with Crippen LogP contribution in [0.1, 0.15) is 32.6 Å². The predicted octanol–water partition coefficient (Wildman–Crippen LogP) is 6.91. The van der Waals surface area contributed by atoms with Gasteiger partial charge in [0.05, 0.1) is 25.7 Å². The van der Waals surface area contributed by atoms with Gasteiger partial charge in [0, 0.05) is 5.56 Å². The number of amides is 2. The highest BCUT2D eigenvalue weighted by Crippen LogP contribution is 2.35. The summed E-state index contributed by atoms with van der Waals surface area (Å²) in [5.74, 6) is 1.75. The zero-order valence-corrected chi connectivity index (χ0v) is 24.5. The van der Waals surface area contributed by atoms with E-state index in [1.54, 1.807) is 43.5 Å². The third-order valence-corrected chi connectivity index (χ3v) is 7.55. The maximum atomic E-state index is 13.0. The lowest BCUT2D eigenvalue weighted by Gasteiger charge is -2.13. The van der Waals surface area contributed by atoms with Crippen LogP contribution in [0.5, 0.6) is 23.0 Å². The number of imide groups is 1. The number of methoxy groups -OCH3 is 2. The molecule has 1 heterocycles. The predicted molar refractivity (Wildman–Crippen MR) is 164 cm³/mol. The molecule has 1 fully saturated rings. The van der Waals surface area contributed by atoms with E-state index in [1.165, 1.54) is 12.0 Å².